The number of aromatic nitrogens is 3. The first kappa shape index (κ1) is 17.1. The number of nitriles is 1. The van der Waals surface area contributed by atoms with Crippen LogP contribution in [0.2, 0.25) is 0 Å². The fraction of sp³-hybridized carbons (Fsp3) is 0.130. The number of ether oxygens (including phenoxy) is 1. The zero-order valence-corrected chi connectivity index (χ0v) is 15.9. The molecule has 5 rings (SSSR count). The van der Waals surface area contributed by atoms with Crippen molar-refractivity contribution < 1.29 is 4.74 Å². The summed E-state index contributed by atoms with van der Waals surface area (Å²) in [5.41, 5.74) is 11.6. The fourth-order valence-electron chi connectivity index (χ4n) is 4.13. The fourth-order valence-corrected chi connectivity index (χ4v) is 4.13. The van der Waals surface area contributed by atoms with Crippen LogP contribution in [0.15, 0.2) is 72.3 Å². The van der Waals surface area contributed by atoms with Crippen molar-refractivity contribution in [2.24, 2.45) is 5.73 Å². The van der Waals surface area contributed by atoms with E-state index in [2.05, 4.69) is 51.3 Å². The summed E-state index contributed by atoms with van der Waals surface area (Å²) in [6.45, 7) is 2.67. The molecule has 4 aromatic rings. The van der Waals surface area contributed by atoms with Crippen molar-refractivity contribution in [1.82, 2.24) is 14.8 Å². The van der Waals surface area contributed by atoms with Gasteiger partial charge in [-0.05, 0) is 24.1 Å². The van der Waals surface area contributed by atoms with Crippen LogP contribution in [0.4, 0.5) is 0 Å². The minimum absolute atomic E-state index is 0.108. The number of rotatable bonds is 3. The van der Waals surface area contributed by atoms with Crippen molar-refractivity contribution in [3.63, 3.8) is 0 Å². The van der Waals surface area contributed by atoms with Gasteiger partial charge in [-0.3, -0.25) is 5.10 Å². The molecule has 0 saturated heterocycles. The van der Waals surface area contributed by atoms with E-state index in [1.165, 1.54) is 5.56 Å². The SMILES string of the molecule is Cc1[nH]nc2c1[C@H](c1cn(Cc3ccccc3)c3ccccc13)C(C#N)=C(N)O2. The highest BCUT2D eigenvalue weighted by atomic mass is 16.5. The number of nitrogens with one attached hydrogen (secondary N) is 1. The highest BCUT2D eigenvalue weighted by Gasteiger charge is 2.35. The first-order valence-corrected chi connectivity index (χ1v) is 9.41. The highest BCUT2D eigenvalue weighted by Crippen LogP contribution is 2.45. The molecular weight excluding hydrogens is 362 g/mol. The van der Waals surface area contributed by atoms with Crippen LogP contribution < -0.4 is 10.5 Å². The minimum atomic E-state index is -0.329. The Morgan fingerprint density at radius 2 is 1.93 bits per heavy atom. The molecule has 29 heavy (non-hydrogen) atoms. The van der Waals surface area contributed by atoms with Crippen LogP contribution >= 0.6 is 0 Å². The molecule has 2 aromatic heterocycles. The Bertz CT molecular complexity index is 1290. The molecule has 3 heterocycles. The van der Waals surface area contributed by atoms with Gasteiger partial charge in [0.2, 0.25) is 11.8 Å². The summed E-state index contributed by atoms with van der Waals surface area (Å²) in [6, 6.07) is 20.8. The maximum absolute atomic E-state index is 9.86. The molecule has 142 valence electrons. The lowest BCUT2D eigenvalue weighted by atomic mass is 9.84. The molecule has 1 aliphatic heterocycles. The number of hydrogen-bond acceptors (Lipinski definition) is 4. The molecular formula is C23H19N5O. The summed E-state index contributed by atoms with van der Waals surface area (Å²) in [5, 5.41) is 18.1. The molecule has 0 spiro atoms. The van der Waals surface area contributed by atoms with Gasteiger partial charge in [0.05, 0.1) is 5.92 Å². The van der Waals surface area contributed by atoms with Crippen LogP contribution in [0.1, 0.15) is 28.3 Å². The van der Waals surface area contributed by atoms with Crippen LogP contribution in [0.25, 0.3) is 10.9 Å². The van der Waals surface area contributed by atoms with Gasteiger partial charge in [-0.15, -0.1) is 5.10 Å². The molecule has 6 nitrogen and oxygen atoms in total. The summed E-state index contributed by atoms with van der Waals surface area (Å²) in [4.78, 5) is 0. The second kappa shape index (κ2) is 6.57. The van der Waals surface area contributed by atoms with Gasteiger partial charge in [-0.25, -0.2) is 0 Å². The minimum Gasteiger partial charge on any atom is -0.420 e. The lowest BCUT2D eigenvalue weighted by molar-refractivity contribution is 0.379. The van der Waals surface area contributed by atoms with Gasteiger partial charge in [0.15, 0.2) is 0 Å². The lowest BCUT2D eigenvalue weighted by Crippen LogP contribution is -2.21. The van der Waals surface area contributed by atoms with Crippen molar-refractivity contribution in [2.45, 2.75) is 19.4 Å². The van der Waals surface area contributed by atoms with E-state index in [9.17, 15) is 5.26 Å². The van der Waals surface area contributed by atoms with Gasteiger partial charge in [0.25, 0.3) is 0 Å². The summed E-state index contributed by atoms with van der Waals surface area (Å²) < 4.78 is 7.83. The third-order valence-electron chi connectivity index (χ3n) is 5.46. The molecule has 0 fully saturated rings. The average Bonchev–Trinajstić information content (AvgIpc) is 3.29. The molecule has 0 unspecified atom stereocenters. The van der Waals surface area contributed by atoms with Gasteiger partial charge >= 0.3 is 0 Å². The highest BCUT2D eigenvalue weighted by molar-refractivity contribution is 5.86. The van der Waals surface area contributed by atoms with Crippen LogP contribution in [-0.2, 0) is 6.54 Å². The topological polar surface area (TPSA) is 92.7 Å². The number of fused-ring (bicyclic) bond motifs is 2. The molecule has 0 aliphatic carbocycles. The first-order chi connectivity index (χ1) is 14.2. The standard InChI is InChI=1S/C23H19N5O/c1-14-20-21(17(11-24)22(25)29-23(20)27-26-14)18-13-28(12-15-7-3-2-4-8-15)19-10-6-5-9-16(18)19/h2-10,13,21H,12,25H2,1H3,(H,26,27)/t21-/m0/s1. The molecule has 0 bridgehead atoms. The number of aromatic amines is 1. The second-order valence-electron chi connectivity index (χ2n) is 7.21. The number of H-pyrrole nitrogens is 1. The molecule has 1 aliphatic rings. The molecule has 0 radical (unpaired) electrons. The molecule has 6 heteroatoms. The predicted molar refractivity (Wildman–Crippen MR) is 110 cm³/mol. The van der Waals surface area contributed by atoms with Gasteiger partial charge < -0.3 is 15.0 Å². The predicted octanol–water partition coefficient (Wildman–Crippen LogP) is 3.94. The quantitative estimate of drug-likeness (QED) is 0.562. The Kier molecular flexibility index (Phi) is 3.88. The zero-order valence-electron chi connectivity index (χ0n) is 15.9. The molecule has 1 atom stereocenters. The average molecular weight is 381 g/mol. The smallest absolute Gasteiger partial charge is 0.244 e. The maximum atomic E-state index is 9.86. The number of aryl methyl sites for hydroxylation is 1. The van der Waals surface area contributed by atoms with Crippen molar-refractivity contribution in [3.05, 3.63) is 94.6 Å². The van der Waals surface area contributed by atoms with Crippen molar-refractivity contribution in [2.75, 3.05) is 0 Å². The first-order valence-electron chi connectivity index (χ1n) is 9.41. The van der Waals surface area contributed by atoms with Gasteiger partial charge in [0, 0.05) is 34.9 Å². The maximum Gasteiger partial charge on any atom is 0.244 e. The number of nitrogens with two attached hydrogens (primary N) is 1. The molecule has 2 aromatic carbocycles. The number of para-hydroxylation sites is 1. The Balaban J connectivity index is 1.73. The van der Waals surface area contributed by atoms with E-state index in [-0.39, 0.29) is 11.8 Å². The zero-order chi connectivity index (χ0) is 20.0. The van der Waals surface area contributed by atoms with E-state index in [1.54, 1.807) is 0 Å². The third-order valence-corrected chi connectivity index (χ3v) is 5.46. The second-order valence-corrected chi connectivity index (χ2v) is 7.21. The summed E-state index contributed by atoms with van der Waals surface area (Å²) >= 11 is 0. The lowest BCUT2D eigenvalue weighted by Gasteiger charge is -2.23. The number of hydrogen-bond donors (Lipinski definition) is 2. The van der Waals surface area contributed by atoms with E-state index in [0.717, 1.165) is 34.3 Å². The number of allylic oxidation sites excluding steroid dienone is 1. The van der Waals surface area contributed by atoms with Gasteiger partial charge in [0.1, 0.15) is 11.6 Å². The van der Waals surface area contributed by atoms with E-state index < -0.39 is 0 Å². The Labute approximate surface area is 167 Å². The van der Waals surface area contributed by atoms with E-state index in [0.29, 0.717) is 11.5 Å². The van der Waals surface area contributed by atoms with Crippen molar-refractivity contribution in [3.8, 4) is 11.9 Å². The Hall–Kier alpha value is -3.98. The summed E-state index contributed by atoms with van der Waals surface area (Å²) in [5.74, 6) is 0.213. The molecule has 0 amide bonds. The van der Waals surface area contributed by atoms with Gasteiger partial charge in [-0.1, -0.05) is 48.5 Å². The number of benzene rings is 2. The van der Waals surface area contributed by atoms with Crippen molar-refractivity contribution in [1.29, 1.82) is 5.26 Å². The summed E-state index contributed by atoms with van der Waals surface area (Å²) in [6.07, 6.45) is 2.12. The Morgan fingerprint density at radius 1 is 1.17 bits per heavy atom. The number of nitrogens with zero attached hydrogens (tertiary/aromatic N) is 3. The van der Waals surface area contributed by atoms with E-state index in [4.69, 9.17) is 10.5 Å². The Morgan fingerprint density at radius 3 is 2.72 bits per heavy atom. The normalized spacial score (nSPS) is 15.8. The van der Waals surface area contributed by atoms with Crippen LogP contribution in [0.3, 0.4) is 0 Å². The van der Waals surface area contributed by atoms with E-state index >= 15 is 0 Å². The van der Waals surface area contributed by atoms with Crippen LogP contribution in [-0.4, -0.2) is 14.8 Å². The van der Waals surface area contributed by atoms with E-state index in [1.807, 2.05) is 37.3 Å². The molecule has 3 N–H and O–H groups in total. The summed E-state index contributed by atoms with van der Waals surface area (Å²) in [7, 11) is 0. The van der Waals surface area contributed by atoms with Crippen molar-refractivity contribution >= 4 is 10.9 Å². The largest absolute Gasteiger partial charge is 0.420 e. The van der Waals surface area contributed by atoms with Crippen LogP contribution in [0, 0.1) is 18.3 Å². The third kappa shape index (κ3) is 2.67. The molecule has 0 saturated carbocycles. The monoisotopic (exact) mass is 381 g/mol. The van der Waals surface area contributed by atoms with Gasteiger partial charge in [-0.2, -0.15) is 5.26 Å². The van der Waals surface area contributed by atoms with Crippen LogP contribution in [0.5, 0.6) is 5.88 Å².